The van der Waals surface area contributed by atoms with Crippen molar-refractivity contribution in [2.45, 2.75) is 38.8 Å². The molecule has 0 aliphatic carbocycles. The van der Waals surface area contributed by atoms with E-state index < -0.39 is 17.4 Å². The molecular weight excluding hydrogens is 262 g/mol. The molecule has 1 saturated heterocycles. The third kappa shape index (κ3) is 3.90. The van der Waals surface area contributed by atoms with Crippen molar-refractivity contribution in [2.75, 3.05) is 19.6 Å². The molecule has 0 saturated carbocycles. The number of phenols is 1. The average molecular weight is 284 g/mol. The summed E-state index contributed by atoms with van der Waals surface area (Å²) in [5, 5.41) is 12.4. The molecule has 0 aromatic heterocycles. The second kappa shape index (κ2) is 6.99. The second-order valence-electron chi connectivity index (χ2n) is 5.40. The summed E-state index contributed by atoms with van der Waals surface area (Å²) in [4.78, 5) is 2.44. The van der Waals surface area contributed by atoms with E-state index in [1.54, 1.807) is 0 Å². The van der Waals surface area contributed by atoms with Crippen LogP contribution in [0.25, 0.3) is 0 Å². The van der Waals surface area contributed by atoms with Crippen molar-refractivity contribution in [3.05, 3.63) is 29.3 Å². The molecule has 1 heterocycles. The van der Waals surface area contributed by atoms with Crippen molar-refractivity contribution in [3.8, 4) is 5.75 Å². The highest BCUT2D eigenvalue weighted by atomic mass is 19.1. The molecule has 2 N–H and O–H groups in total. The van der Waals surface area contributed by atoms with E-state index in [4.69, 9.17) is 5.11 Å². The maximum atomic E-state index is 13.2. The molecule has 0 unspecified atom stereocenters. The Labute approximate surface area is 118 Å². The lowest BCUT2D eigenvalue weighted by atomic mass is 10.0. The predicted molar refractivity (Wildman–Crippen MR) is 74.6 cm³/mol. The van der Waals surface area contributed by atoms with Gasteiger partial charge < -0.3 is 15.3 Å². The van der Waals surface area contributed by atoms with Gasteiger partial charge in [-0.05, 0) is 56.6 Å². The van der Waals surface area contributed by atoms with E-state index in [0.29, 0.717) is 18.2 Å². The van der Waals surface area contributed by atoms with Crippen LogP contribution >= 0.6 is 0 Å². The van der Waals surface area contributed by atoms with Crippen molar-refractivity contribution in [2.24, 2.45) is 0 Å². The van der Waals surface area contributed by atoms with Crippen LogP contribution in [-0.4, -0.2) is 35.7 Å². The van der Waals surface area contributed by atoms with Gasteiger partial charge in [0.2, 0.25) is 0 Å². The van der Waals surface area contributed by atoms with Gasteiger partial charge >= 0.3 is 0 Å². The number of phenolic OH excluding ortho intramolecular Hbond substituents is 1. The van der Waals surface area contributed by atoms with Crippen LogP contribution in [-0.2, 0) is 6.54 Å². The van der Waals surface area contributed by atoms with E-state index in [1.807, 2.05) is 0 Å². The van der Waals surface area contributed by atoms with E-state index in [9.17, 15) is 8.78 Å². The molecule has 0 radical (unpaired) electrons. The lowest BCUT2D eigenvalue weighted by Crippen LogP contribution is -2.42. The molecule has 112 valence electrons. The molecule has 1 aliphatic heterocycles. The topological polar surface area (TPSA) is 35.5 Å². The quantitative estimate of drug-likeness (QED) is 0.872. The van der Waals surface area contributed by atoms with Gasteiger partial charge in [0.15, 0.2) is 17.4 Å². The van der Waals surface area contributed by atoms with Crippen LogP contribution in [0.2, 0.25) is 0 Å². The van der Waals surface area contributed by atoms with Crippen LogP contribution in [0.3, 0.4) is 0 Å². The fraction of sp³-hybridized carbons (Fsp3) is 0.600. The fourth-order valence-electron chi connectivity index (χ4n) is 2.66. The zero-order valence-corrected chi connectivity index (χ0v) is 11.8. The summed E-state index contributed by atoms with van der Waals surface area (Å²) in [6.45, 7) is 5.89. The van der Waals surface area contributed by atoms with E-state index in [-0.39, 0.29) is 0 Å². The number of benzene rings is 1. The fourth-order valence-corrected chi connectivity index (χ4v) is 2.66. The van der Waals surface area contributed by atoms with Gasteiger partial charge in [-0.1, -0.05) is 6.92 Å². The number of aromatic hydroxyl groups is 1. The summed E-state index contributed by atoms with van der Waals surface area (Å²) >= 11 is 0. The van der Waals surface area contributed by atoms with Crippen molar-refractivity contribution >= 4 is 0 Å². The SMILES string of the molecule is CCCN1CCC(NCc2cc(F)c(O)c(F)c2)CC1. The number of nitrogens with one attached hydrogen (secondary N) is 1. The molecular formula is C15H22F2N2O. The normalized spacial score (nSPS) is 17.6. The van der Waals surface area contributed by atoms with Gasteiger partial charge in [-0.2, -0.15) is 0 Å². The molecule has 3 nitrogen and oxygen atoms in total. The highest BCUT2D eigenvalue weighted by Crippen LogP contribution is 2.21. The summed E-state index contributed by atoms with van der Waals surface area (Å²) in [6, 6.07) is 2.75. The largest absolute Gasteiger partial charge is 0.503 e. The number of likely N-dealkylation sites (tertiary alicyclic amines) is 1. The number of halogens is 2. The number of nitrogens with zero attached hydrogens (tertiary/aromatic N) is 1. The molecule has 1 aromatic rings. The van der Waals surface area contributed by atoms with Gasteiger partial charge in [0, 0.05) is 12.6 Å². The van der Waals surface area contributed by atoms with E-state index >= 15 is 0 Å². The van der Waals surface area contributed by atoms with Crippen LogP contribution in [0, 0.1) is 11.6 Å². The van der Waals surface area contributed by atoms with Gasteiger partial charge in [-0.3, -0.25) is 0 Å². The maximum absolute atomic E-state index is 13.2. The summed E-state index contributed by atoms with van der Waals surface area (Å²) < 4.78 is 26.4. The Morgan fingerprint density at radius 3 is 2.40 bits per heavy atom. The lowest BCUT2D eigenvalue weighted by Gasteiger charge is -2.32. The molecule has 1 aromatic carbocycles. The minimum Gasteiger partial charge on any atom is -0.503 e. The Hall–Kier alpha value is -1.20. The highest BCUT2D eigenvalue weighted by molar-refractivity contribution is 5.29. The Morgan fingerprint density at radius 2 is 1.85 bits per heavy atom. The van der Waals surface area contributed by atoms with E-state index in [1.165, 1.54) is 18.6 Å². The summed E-state index contributed by atoms with van der Waals surface area (Å²) in [5.41, 5.74) is 0.522. The van der Waals surface area contributed by atoms with Crippen LogP contribution in [0.15, 0.2) is 12.1 Å². The zero-order valence-electron chi connectivity index (χ0n) is 11.8. The Morgan fingerprint density at radius 1 is 1.25 bits per heavy atom. The minimum atomic E-state index is -0.903. The molecule has 0 bridgehead atoms. The lowest BCUT2D eigenvalue weighted by molar-refractivity contribution is 0.197. The number of piperidine rings is 1. The predicted octanol–water partition coefficient (Wildman–Crippen LogP) is 2.63. The summed E-state index contributed by atoms with van der Waals surface area (Å²) in [7, 11) is 0. The highest BCUT2D eigenvalue weighted by Gasteiger charge is 2.18. The second-order valence-corrected chi connectivity index (χ2v) is 5.40. The third-order valence-electron chi connectivity index (χ3n) is 3.80. The van der Waals surface area contributed by atoms with Gasteiger partial charge in [0.25, 0.3) is 0 Å². The summed E-state index contributed by atoms with van der Waals surface area (Å²) in [5.74, 6) is -2.71. The number of hydrogen-bond acceptors (Lipinski definition) is 3. The average Bonchev–Trinajstić information content (AvgIpc) is 2.44. The first kappa shape index (κ1) is 15.2. The standard InChI is InChI=1S/C15H22F2N2O/c1-2-5-19-6-3-12(4-7-19)18-10-11-8-13(16)15(20)14(17)9-11/h8-9,12,18,20H,2-7,10H2,1H3. The minimum absolute atomic E-state index is 0.392. The molecule has 20 heavy (non-hydrogen) atoms. The summed E-state index contributed by atoms with van der Waals surface area (Å²) in [6.07, 6.45) is 3.29. The smallest absolute Gasteiger partial charge is 0.187 e. The number of rotatable bonds is 5. The molecule has 1 aliphatic rings. The van der Waals surface area contributed by atoms with Gasteiger partial charge in [0.05, 0.1) is 0 Å². The van der Waals surface area contributed by atoms with Crippen LogP contribution in [0.4, 0.5) is 8.78 Å². The zero-order chi connectivity index (χ0) is 14.5. The van der Waals surface area contributed by atoms with E-state index in [2.05, 4.69) is 17.1 Å². The number of hydrogen-bond donors (Lipinski definition) is 2. The molecule has 1 fully saturated rings. The van der Waals surface area contributed by atoms with Gasteiger partial charge in [-0.15, -0.1) is 0 Å². The Balaban J connectivity index is 1.82. The first-order chi connectivity index (χ1) is 9.60. The first-order valence-electron chi connectivity index (χ1n) is 7.22. The Bertz CT molecular complexity index is 422. The van der Waals surface area contributed by atoms with Gasteiger partial charge in [-0.25, -0.2) is 8.78 Å². The van der Waals surface area contributed by atoms with E-state index in [0.717, 1.165) is 32.5 Å². The van der Waals surface area contributed by atoms with Crippen molar-refractivity contribution in [3.63, 3.8) is 0 Å². The van der Waals surface area contributed by atoms with Crippen molar-refractivity contribution < 1.29 is 13.9 Å². The molecule has 0 atom stereocenters. The van der Waals surface area contributed by atoms with Crippen LogP contribution in [0.1, 0.15) is 31.7 Å². The molecule has 0 amide bonds. The molecule has 0 spiro atoms. The third-order valence-corrected chi connectivity index (χ3v) is 3.80. The molecule has 5 heteroatoms. The van der Waals surface area contributed by atoms with Crippen LogP contribution < -0.4 is 5.32 Å². The van der Waals surface area contributed by atoms with Crippen molar-refractivity contribution in [1.82, 2.24) is 10.2 Å². The Kier molecular flexibility index (Phi) is 5.31. The van der Waals surface area contributed by atoms with Crippen molar-refractivity contribution in [1.29, 1.82) is 0 Å². The maximum Gasteiger partial charge on any atom is 0.187 e. The molecule has 2 rings (SSSR count). The van der Waals surface area contributed by atoms with Gasteiger partial charge in [0.1, 0.15) is 0 Å². The van der Waals surface area contributed by atoms with Crippen LogP contribution in [0.5, 0.6) is 5.75 Å². The monoisotopic (exact) mass is 284 g/mol. The first-order valence-corrected chi connectivity index (χ1v) is 7.22.